The van der Waals surface area contributed by atoms with Gasteiger partial charge in [-0.25, -0.2) is 9.97 Å². The molecule has 10 heavy (non-hydrogen) atoms. The first-order valence-corrected chi connectivity index (χ1v) is 2.82. The van der Waals surface area contributed by atoms with Crippen molar-refractivity contribution in [1.82, 2.24) is 19.7 Å². The molecule has 0 unspecified atom stereocenters. The van der Waals surface area contributed by atoms with Gasteiger partial charge in [-0.05, 0) is 0 Å². The molecule has 3 rings (SSSR count). The molecule has 0 fully saturated rings. The molecule has 2 aromatic rings. The van der Waals surface area contributed by atoms with Crippen LogP contribution < -0.4 is 4.84 Å². The zero-order chi connectivity index (χ0) is 6.55. The normalized spacial score (nSPS) is 12.8. The number of fused-ring (bicyclic) bond motifs is 3. The highest BCUT2D eigenvalue weighted by atomic mass is 16.8. The summed E-state index contributed by atoms with van der Waals surface area (Å²) in [4.78, 5) is 16.6. The zero-order valence-corrected chi connectivity index (χ0v) is 4.85. The van der Waals surface area contributed by atoms with Crippen molar-refractivity contribution in [3.05, 3.63) is 12.5 Å². The first-order valence-electron chi connectivity index (χ1n) is 2.82. The summed E-state index contributed by atoms with van der Waals surface area (Å²) in [5.41, 5.74) is 1.52. The van der Waals surface area contributed by atoms with Crippen LogP contribution in [0.3, 0.4) is 0 Å². The van der Waals surface area contributed by atoms with Crippen LogP contribution in [-0.4, -0.2) is 19.7 Å². The van der Waals surface area contributed by atoms with Gasteiger partial charge in [0.1, 0.15) is 11.8 Å². The van der Waals surface area contributed by atoms with Crippen LogP contribution in [0.1, 0.15) is 0 Å². The number of aromatic nitrogens is 4. The Balaban J connectivity index is 2.60. The van der Waals surface area contributed by atoms with E-state index in [-0.39, 0.29) is 0 Å². The molecule has 0 aliphatic carbocycles. The summed E-state index contributed by atoms with van der Waals surface area (Å²) in [5, 5.41) is 0. The van der Waals surface area contributed by atoms with Gasteiger partial charge in [-0.2, -0.15) is 4.98 Å². The van der Waals surface area contributed by atoms with E-state index in [1.807, 2.05) is 0 Å². The number of imidazole rings is 1. The minimum Gasteiger partial charge on any atom is -0.327 e. The molecule has 0 radical (unpaired) electrons. The molecule has 0 N–H and O–H groups in total. The Morgan fingerprint density at radius 2 is 2.50 bits per heavy atom. The SMILES string of the molecule is c1ncc2c(n1)nc1n2O1. The summed E-state index contributed by atoms with van der Waals surface area (Å²) < 4.78 is 1.59. The second kappa shape index (κ2) is 1.11. The molecule has 48 valence electrons. The van der Waals surface area contributed by atoms with Crippen LogP contribution in [0.5, 0.6) is 6.01 Å². The second-order valence-corrected chi connectivity index (χ2v) is 2.01. The fraction of sp³-hybridized carbons (Fsp3) is 0. The molecule has 3 heterocycles. The van der Waals surface area contributed by atoms with E-state index in [4.69, 9.17) is 4.84 Å². The predicted octanol–water partition coefficient (Wildman–Crippen LogP) is -0.0182. The monoisotopic (exact) mass is 134 g/mol. The van der Waals surface area contributed by atoms with Crippen LogP contribution >= 0.6 is 0 Å². The van der Waals surface area contributed by atoms with E-state index in [9.17, 15) is 0 Å². The minimum absolute atomic E-state index is 0.621. The highest BCUT2D eigenvalue weighted by molar-refractivity contribution is 5.72. The third-order valence-electron chi connectivity index (χ3n) is 1.41. The van der Waals surface area contributed by atoms with E-state index in [2.05, 4.69) is 15.0 Å². The van der Waals surface area contributed by atoms with Crippen LogP contribution in [0.4, 0.5) is 0 Å². The largest absolute Gasteiger partial charge is 0.360 e. The van der Waals surface area contributed by atoms with Crippen LogP contribution in [-0.2, 0) is 0 Å². The lowest BCUT2D eigenvalue weighted by molar-refractivity contribution is 0.447. The molecule has 0 atom stereocenters. The van der Waals surface area contributed by atoms with Gasteiger partial charge in [0.05, 0.1) is 6.20 Å². The van der Waals surface area contributed by atoms with Gasteiger partial charge in [-0.15, -0.1) is 4.73 Å². The van der Waals surface area contributed by atoms with E-state index >= 15 is 0 Å². The maximum atomic E-state index is 4.88. The van der Waals surface area contributed by atoms with Crippen molar-refractivity contribution in [3.8, 4) is 6.01 Å². The van der Waals surface area contributed by atoms with Crippen molar-refractivity contribution >= 4 is 11.2 Å². The average molecular weight is 134 g/mol. The van der Waals surface area contributed by atoms with Gasteiger partial charge in [-0.3, -0.25) is 0 Å². The summed E-state index contributed by atoms with van der Waals surface area (Å²) in [7, 11) is 0. The van der Waals surface area contributed by atoms with Gasteiger partial charge in [0, 0.05) is 0 Å². The van der Waals surface area contributed by atoms with Crippen LogP contribution in [0, 0.1) is 0 Å². The quantitative estimate of drug-likeness (QED) is 0.405. The fourth-order valence-electron chi connectivity index (χ4n) is 0.915. The highest BCUT2D eigenvalue weighted by Gasteiger charge is 2.26. The first kappa shape index (κ1) is 4.21. The third-order valence-corrected chi connectivity index (χ3v) is 1.41. The zero-order valence-electron chi connectivity index (χ0n) is 4.85. The maximum Gasteiger partial charge on any atom is 0.360 e. The Morgan fingerprint density at radius 3 is 3.40 bits per heavy atom. The summed E-state index contributed by atoms with van der Waals surface area (Å²) in [5.74, 6) is 0. The minimum atomic E-state index is 0.621. The van der Waals surface area contributed by atoms with E-state index in [0.717, 1.165) is 5.52 Å². The summed E-state index contributed by atoms with van der Waals surface area (Å²) in [6.45, 7) is 0. The molecule has 1 aliphatic rings. The molecule has 0 amide bonds. The van der Waals surface area contributed by atoms with Crippen molar-refractivity contribution in [2.75, 3.05) is 0 Å². The van der Waals surface area contributed by atoms with Crippen molar-refractivity contribution in [2.45, 2.75) is 0 Å². The molecular formula is C5H2N4O. The molecular weight excluding hydrogens is 132 g/mol. The standard InChI is InChI=1S/C5H2N4O/c1-3-4(7-2-6-1)8-5-9(3)10-5/h1-2H. The van der Waals surface area contributed by atoms with Gasteiger partial charge in [0.2, 0.25) is 0 Å². The van der Waals surface area contributed by atoms with Gasteiger partial charge >= 0.3 is 6.01 Å². The topological polar surface area (TPSA) is 56.1 Å². The van der Waals surface area contributed by atoms with Crippen molar-refractivity contribution in [2.24, 2.45) is 0 Å². The summed E-state index contributed by atoms with van der Waals surface area (Å²) in [6.07, 6.45) is 3.14. The van der Waals surface area contributed by atoms with Crippen molar-refractivity contribution < 1.29 is 4.84 Å². The van der Waals surface area contributed by atoms with Crippen molar-refractivity contribution in [1.29, 1.82) is 0 Å². The number of hydrogen-bond acceptors (Lipinski definition) is 4. The van der Waals surface area contributed by atoms with Gasteiger partial charge in [-0.1, -0.05) is 0 Å². The summed E-state index contributed by atoms with van der Waals surface area (Å²) >= 11 is 0. The molecule has 1 aliphatic heterocycles. The molecule has 0 spiro atoms. The predicted molar refractivity (Wildman–Crippen MR) is 31.3 cm³/mol. The first-order chi connectivity index (χ1) is 4.95. The molecule has 0 saturated heterocycles. The molecule has 2 aromatic heterocycles. The molecule has 0 aromatic carbocycles. The van der Waals surface area contributed by atoms with Crippen LogP contribution in [0.25, 0.3) is 11.2 Å². The van der Waals surface area contributed by atoms with Gasteiger partial charge in [0.25, 0.3) is 0 Å². The van der Waals surface area contributed by atoms with E-state index in [1.165, 1.54) is 6.33 Å². The second-order valence-electron chi connectivity index (χ2n) is 2.01. The van der Waals surface area contributed by atoms with Gasteiger partial charge < -0.3 is 4.84 Å². The smallest absolute Gasteiger partial charge is 0.327 e. The number of hydrogen-bond donors (Lipinski definition) is 0. The van der Waals surface area contributed by atoms with Crippen molar-refractivity contribution in [3.63, 3.8) is 0 Å². The maximum absolute atomic E-state index is 4.88. The Labute approximate surface area is 55.3 Å². The van der Waals surface area contributed by atoms with E-state index < -0.39 is 0 Å². The summed E-state index contributed by atoms with van der Waals surface area (Å²) in [6, 6.07) is 0.621. The Bertz CT molecular complexity index is 407. The Morgan fingerprint density at radius 1 is 1.50 bits per heavy atom. The number of nitrogens with zero attached hydrogens (tertiary/aromatic N) is 4. The van der Waals surface area contributed by atoms with Crippen LogP contribution in [0.15, 0.2) is 12.5 Å². The van der Waals surface area contributed by atoms with Gasteiger partial charge in [0.15, 0.2) is 5.65 Å². The Hall–Kier alpha value is -1.65. The molecule has 5 nitrogen and oxygen atoms in total. The lowest BCUT2D eigenvalue weighted by Crippen LogP contribution is -1.84. The average Bonchev–Trinajstić information content (AvgIpc) is 2.64. The lowest BCUT2D eigenvalue weighted by atomic mass is 10.6. The number of rotatable bonds is 0. The Kier molecular flexibility index (Phi) is 0.467. The molecule has 0 bridgehead atoms. The lowest BCUT2D eigenvalue weighted by Gasteiger charge is -1.83. The van der Waals surface area contributed by atoms with E-state index in [0.29, 0.717) is 11.7 Å². The highest BCUT2D eigenvalue weighted by Crippen LogP contribution is 2.28. The molecule has 0 saturated carbocycles. The van der Waals surface area contributed by atoms with Crippen LogP contribution in [0.2, 0.25) is 0 Å². The van der Waals surface area contributed by atoms with E-state index in [1.54, 1.807) is 10.9 Å². The third kappa shape index (κ3) is 0.333. The fourth-order valence-corrected chi connectivity index (χ4v) is 0.915. The molecule has 5 heteroatoms.